The summed E-state index contributed by atoms with van der Waals surface area (Å²) in [5.74, 6) is 0.915. The van der Waals surface area contributed by atoms with E-state index in [4.69, 9.17) is 22.7 Å². The quantitative estimate of drug-likeness (QED) is 0.864. The lowest BCUT2D eigenvalue weighted by Crippen LogP contribution is -2.11. The molecule has 2 nitrogen and oxygen atoms in total. The predicted octanol–water partition coefficient (Wildman–Crippen LogP) is 3.87. The van der Waals surface area contributed by atoms with Gasteiger partial charge in [0.2, 0.25) is 0 Å². The fourth-order valence-corrected chi connectivity index (χ4v) is 1.94. The Morgan fingerprint density at radius 3 is 2.53 bits per heavy atom. The Kier molecular flexibility index (Phi) is 3.81. The van der Waals surface area contributed by atoms with Crippen molar-refractivity contribution in [2.24, 2.45) is 5.73 Å². The van der Waals surface area contributed by atoms with Crippen molar-refractivity contribution >= 4 is 17.2 Å². The first kappa shape index (κ1) is 13.5. The Hall–Kier alpha value is -1.94. The molecular weight excluding hydrogens is 261 g/mol. The topological polar surface area (TPSA) is 35.2 Å². The summed E-state index contributed by atoms with van der Waals surface area (Å²) in [6.07, 6.45) is 0. The molecule has 98 valence electrons. The minimum absolute atomic E-state index is 0.258. The van der Waals surface area contributed by atoms with Gasteiger partial charge in [-0.2, -0.15) is 0 Å². The maximum Gasteiger partial charge on any atom is 0.140 e. The molecule has 19 heavy (non-hydrogen) atoms. The molecule has 0 saturated heterocycles. The first-order valence-electron chi connectivity index (χ1n) is 5.82. The van der Waals surface area contributed by atoms with Crippen LogP contribution in [0.3, 0.4) is 0 Å². The van der Waals surface area contributed by atoms with E-state index < -0.39 is 0 Å². The second-order valence-corrected chi connectivity index (χ2v) is 4.77. The molecule has 0 fully saturated rings. The maximum absolute atomic E-state index is 13.2. The summed E-state index contributed by atoms with van der Waals surface area (Å²) in [5.41, 5.74) is 7.81. The van der Waals surface area contributed by atoms with Gasteiger partial charge in [0.1, 0.15) is 22.3 Å². The highest BCUT2D eigenvalue weighted by Crippen LogP contribution is 2.29. The average molecular weight is 275 g/mol. The molecule has 0 amide bonds. The molecule has 0 atom stereocenters. The molecule has 0 aliphatic rings. The molecule has 2 N–H and O–H groups in total. The summed E-state index contributed by atoms with van der Waals surface area (Å²) in [5, 5.41) is 0. The smallest absolute Gasteiger partial charge is 0.140 e. The number of para-hydroxylation sites is 1. The van der Waals surface area contributed by atoms with E-state index in [1.165, 1.54) is 6.07 Å². The van der Waals surface area contributed by atoms with E-state index in [0.29, 0.717) is 22.6 Å². The number of nitrogens with two attached hydrogens (primary N) is 1. The van der Waals surface area contributed by atoms with Crippen LogP contribution in [0.5, 0.6) is 11.5 Å². The van der Waals surface area contributed by atoms with Gasteiger partial charge in [0.05, 0.1) is 5.56 Å². The molecular formula is C15H14FNOS. The van der Waals surface area contributed by atoms with Crippen LogP contribution in [0.25, 0.3) is 0 Å². The number of benzene rings is 2. The van der Waals surface area contributed by atoms with Crippen LogP contribution in [0.1, 0.15) is 16.7 Å². The largest absolute Gasteiger partial charge is 0.456 e. The summed E-state index contributed by atoms with van der Waals surface area (Å²) in [6, 6.07) is 10.2. The van der Waals surface area contributed by atoms with Crippen molar-refractivity contribution in [1.29, 1.82) is 0 Å². The van der Waals surface area contributed by atoms with Crippen LogP contribution in [0.4, 0.5) is 4.39 Å². The summed E-state index contributed by atoms with van der Waals surface area (Å²) in [4.78, 5) is 0.275. The van der Waals surface area contributed by atoms with Crippen LogP contribution in [0.15, 0.2) is 36.4 Å². The van der Waals surface area contributed by atoms with Gasteiger partial charge in [-0.1, -0.05) is 24.4 Å². The fourth-order valence-electron chi connectivity index (χ4n) is 1.78. The molecule has 2 rings (SSSR count). The van der Waals surface area contributed by atoms with E-state index >= 15 is 0 Å². The van der Waals surface area contributed by atoms with Gasteiger partial charge in [0.15, 0.2) is 0 Å². The van der Waals surface area contributed by atoms with Crippen molar-refractivity contribution in [1.82, 2.24) is 0 Å². The van der Waals surface area contributed by atoms with E-state index in [1.54, 1.807) is 25.1 Å². The van der Waals surface area contributed by atoms with Gasteiger partial charge >= 0.3 is 0 Å². The zero-order chi connectivity index (χ0) is 14.0. The monoisotopic (exact) mass is 275 g/mol. The lowest BCUT2D eigenvalue weighted by atomic mass is 10.1. The maximum atomic E-state index is 13.2. The lowest BCUT2D eigenvalue weighted by Gasteiger charge is -2.13. The molecule has 2 aromatic rings. The normalized spacial score (nSPS) is 10.3. The Balaban J connectivity index is 2.42. The van der Waals surface area contributed by atoms with Crippen molar-refractivity contribution in [2.45, 2.75) is 13.8 Å². The van der Waals surface area contributed by atoms with E-state index in [1.807, 2.05) is 19.1 Å². The minimum Gasteiger partial charge on any atom is -0.456 e. The Labute approximate surface area is 117 Å². The highest BCUT2D eigenvalue weighted by atomic mass is 32.1. The van der Waals surface area contributed by atoms with Crippen molar-refractivity contribution < 1.29 is 9.13 Å². The zero-order valence-corrected chi connectivity index (χ0v) is 11.6. The molecule has 0 bridgehead atoms. The van der Waals surface area contributed by atoms with Gasteiger partial charge in [0.25, 0.3) is 0 Å². The summed E-state index contributed by atoms with van der Waals surface area (Å²) in [7, 11) is 0. The molecule has 0 unspecified atom stereocenters. The SMILES string of the molecule is Cc1cc(Oc2c(C)cccc2C(N)=S)ccc1F. The van der Waals surface area contributed by atoms with Crippen LogP contribution in [-0.4, -0.2) is 4.99 Å². The third-order valence-corrected chi connectivity index (χ3v) is 3.05. The van der Waals surface area contributed by atoms with E-state index in [2.05, 4.69) is 0 Å². The number of halogens is 1. The molecule has 0 spiro atoms. The molecule has 4 heteroatoms. The highest BCUT2D eigenvalue weighted by Gasteiger charge is 2.11. The number of thiocarbonyl (C=S) groups is 1. The Bertz CT molecular complexity index is 640. The predicted molar refractivity (Wildman–Crippen MR) is 78.3 cm³/mol. The molecule has 0 aromatic heterocycles. The third kappa shape index (κ3) is 2.90. The molecule has 0 aliphatic carbocycles. The standard InChI is InChI=1S/C15H14FNOS/c1-9-4-3-5-12(15(17)19)14(9)18-11-6-7-13(16)10(2)8-11/h3-8H,1-2H3,(H2,17,19). The summed E-state index contributed by atoms with van der Waals surface area (Å²) < 4.78 is 19.0. The molecule has 0 aliphatic heterocycles. The third-order valence-electron chi connectivity index (χ3n) is 2.83. The van der Waals surface area contributed by atoms with Crippen molar-refractivity contribution in [3.8, 4) is 11.5 Å². The van der Waals surface area contributed by atoms with Gasteiger partial charge in [-0.15, -0.1) is 0 Å². The number of aryl methyl sites for hydroxylation is 2. The summed E-state index contributed by atoms with van der Waals surface area (Å²) in [6.45, 7) is 3.60. The molecule has 2 aromatic carbocycles. The van der Waals surface area contributed by atoms with E-state index in [9.17, 15) is 4.39 Å². The van der Waals surface area contributed by atoms with Crippen LogP contribution in [-0.2, 0) is 0 Å². The van der Waals surface area contributed by atoms with E-state index in [-0.39, 0.29) is 10.8 Å². The highest BCUT2D eigenvalue weighted by molar-refractivity contribution is 7.80. The number of hydrogen-bond acceptors (Lipinski definition) is 2. The van der Waals surface area contributed by atoms with Gasteiger partial charge in [-0.05, 0) is 49.2 Å². The minimum atomic E-state index is -0.258. The van der Waals surface area contributed by atoms with Gasteiger partial charge in [0, 0.05) is 0 Å². The van der Waals surface area contributed by atoms with Crippen molar-refractivity contribution in [2.75, 3.05) is 0 Å². The van der Waals surface area contributed by atoms with Gasteiger partial charge in [-0.25, -0.2) is 4.39 Å². The second-order valence-electron chi connectivity index (χ2n) is 4.33. The van der Waals surface area contributed by atoms with Crippen LogP contribution in [0.2, 0.25) is 0 Å². The van der Waals surface area contributed by atoms with Crippen LogP contribution < -0.4 is 10.5 Å². The molecule has 0 saturated carbocycles. The average Bonchev–Trinajstić information content (AvgIpc) is 2.36. The number of rotatable bonds is 3. The fraction of sp³-hybridized carbons (Fsp3) is 0.133. The molecule has 0 radical (unpaired) electrons. The van der Waals surface area contributed by atoms with E-state index in [0.717, 1.165) is 5.56 Å². The first-order valence-corrected chi connectivity index (χ1v) is 6.23. The Morgan fingerprint density at radius 1 is 1.16 bits per heavy atom. The number of hydrogen-bond donors (Lipinski definition) is 1. The summed E-state index contributed by atoms with van der Waals surface area (Å²) >= 11 is 5.01. The Morgan fingerprint density at radius 2 is 1.89 bits per heavy atom. The van der Waals surface area contributed by atoms with Crippen molar-refractivity contribution in [3.05, 3.63) is 58.9 Å². The second kappa shape index (κ2) is 5.36. The lowest BCUT2D eigenvalue weighted by molar-refractivity contribution is 0.475. The van der Waals surface area contributed by atoms with Crippen molar-refractivity contribution in [3.63, 3.8) is 0 Å². The van der Waals surface area contributed by atoms with Crippen LogP contribution >= 0.6 is 12.2 Å². The van der Waals surface area contributed by atoms with Gasteiger partial charge < -0.3 is 10.5 Å². The first-order chi connectivity index (χ1) is 8.99. The van der Waals surface area contributed by atoms with Gasteiger partial charge in [-0.3, -0.25) is 0 Å². The number of ether oxygens (including phenoxy) is 1. The zero-order valence-electron chi connectivity index (χ0n) is 10.7. The molecule has 0 heterocycles. The van der Waals surface area contributed by atoms with Crippen LogP contribution in [0, 0.1) is 19.7 Å².